The van der Waals surface area contributed by atoms with E-state index in [2.05, 4.69) is 34.4 Å². The SMILES string of the molecule is CCCNc1ncnc(NCC2(O)CCCC2)c1CCC. The van der Waals surface area contributed by atoms with E-state index in [4.69, 9.17) is 0 Å². The minimum Gasteiger partial charge on any atom is -0.388 e. The Labute approximate surface area is 127 Å². The molecule has 0 amide bonds. The molecule has 0 spiro atoms. The first-order chi connectivity index (χ1) is 10.2. The Hall–Kier alpha value is -1.36. The molecule has 0 atom stereocenters. The van der Waals surface area contributed by atoms with Crippen molar-refractivity contribution in [3.05, 3.63) is 11.9 Å². The maximum atomic E-state index is 10.5. The lowest BCUT2D eigenvalue weighted by Crippen LogP contribution is -2.34. The summed E-state index contributed by atoms with van der Waals surface area (Å²) in [7, 11) is 0. The third kappa shape index (κ3) is 4.30. The maximum Gasteiger partial charge on any atom is 0.134 e. The van der Waals surface area contributed by atoms with Crippen LogP contribution in [-0.2, 0) is 6.42 Å². The summed E-state index contributed by atoms with van der Waals surface area (Å²) in [6.45, 7) is 5.79. The van der Waals surface area contributed by atoms with E-state index in [1.165, 1.54) is 0 Å². The largest absolute Gasteiger partial charge is 0.388 e. The molecule has 1 heterocycles. The highest BCUT2D eigenvalue weighted by molar-refractivity contribution is 5.57. The molecule has 5 heteroatoms. The van der Waals surface area contributed by atoms with Crippen LogP contribution in [0.15, 0.2) is 6.33 Å². The van der Waals surface area contributed by atoms with Gasteiger partial charge in [-0.25, -0.2) is 9.97 Å². The monoisotopic (exact) mass is 292 g/mol. The fourth-order valence-corrected chi connectivity index (χ4v) is 2.91. The molecule has 118 valence electrons. The van der Waals surface area contributed by atoms with Crippen LogP contribution in [0.5, 0.6) is 0 Å². The quantitative estimate of drug-likeness (QED) is 0.687. The van der Waals surface area contributed by atoms with Crippen molar-refractivity contribution in [2.45, 2.75) is 64.4 Å². The summed E-state index contributed by atoms with van der Waals surface area (Å²) in [5, 5.41) is 17.2. The topological polar surface area (TPSA) is 70.1 Å². The second-order valence-electron chi connectivity index (χ2n) is 6.01. The van der Waals surface area contributed by atoms with E-state index in [1.807, 2.05) is 0 Å². The summed E-state index contributed by atoms with van der Waals surface area (Å²) >= 11 is 0. The van der Waals surface area contributed by atoms with Gasteiger partial charge in [0.25, 0.3) is 0 Å². The average molecular weight is 292 g/mol. The fourth-order valence-electron chi connectivity index (χ4n) is 2.91. The second-order valence-corrected chi connectivity index (χ2v) is 6.01. The van der Waals surface area contributed by atoms with E-state index in [1.54, 1.807) is 6.33 Å². The first kappa shape index (κ1) is 16.0. The van der Waals surface area contributed by atoms with Crippen molar-refractivity contribution >= 4 is 11.6 Å². The van der Waals surface area contributed by atoms with Gasteiger partial charge in [0, 0.05) is 18.7 Å². The van der Waals surface area contributed by atoms with Gasteiger partial charge >= 0.3 is 0 Å². The molecule has 3 N–H and O–H groups in total. The molecule has 1 aromatic rings. The van der Waals surface area contributed by atoms with Crippen molar-refractivity contribution in [2.24, 2.45) is 0 Å². The third-order valence-electron chi connectivity index (χ3n) is 4.11. The van der Waals surface area contributed by atoms with Crippen LogP contribution in [0.3, 0.4) is 0 Å². The van der Waals surface area contributed by atoms with Gasteiger partial charge in [-0.3, -0.25) is 0 Å². The minimum absolute atomic E-state index is 0.564. The van der Waals surface area contributed by atoms with Gasteiger partial charge in [-0.1, -0.05) is 33.1 Å². The van der Waals surface area contributed by atoms with Gasteiger partial charge in [0.15, 0.2) is 0 Å². The highest BCUT2D eigenvalue weighted by Crippen LogP contribution is 2.30. The smallest absolute Gasteiger partial charge is 0.134 e. The first-order valence-corrected chi connectivity index (χ1v) is 8.22. The maximum absolute atomic E-state index is 10.5. The van der Waals surface area contributed by atoms with Crippen LogP contribution < -0.4 is 10.6 Å². The molecule has 1 fully saturated rings. The number of nitrogens with one attached hydrogen (secondary N) is 2. The van der Waals surface area contributed by atoms with Crippen molar-refractivity contribution < 1.29 is 5.11 Å². The molecule has 2 rings (SSSR count). The van der Waals surface area contributed by atoms with Gasteiger partial charge < -0.3 is 15.7 Å². The van der Waals surface area contributed by atoms with Gasteiger partial charge in [0.1, 0.15) is 18.0 Å². The van der Waals surface area contributed by atoms with Crippen molar-refractivity contribution in [3.63, 3.8) is 0 Å². The molecule has 1 aromatic heterocycles. The van der Waals surface area contributed by atoms with Gasteiger partial charge in [-0.15, -0.1) is 0 Å². The van der Waals surface area contributed by atoms with E-state index in [-0.39, 0.29) is 0 Å². The number of anilines is 2. The van der Waals surface area contributed by atoms with Crippen LogP contribution in [0.1, 0.15) is 57.9 Å². The molecule has 0 aromatic carbocycles. The number of aromatic nitrogens is 2. The Balaban J connectivity index is 2.09. The molecule has 0 unspecified atom stereocenters. The van der Waals surface area contributed by atoms with Crippen LogP contribution in [0.2, 0.25) is 0 Å². The van der Waals surface area contributed by atoms with E-state index < -0.39 is 5.60 Å². The van der Waals surface area contributed by atoms with Gasteiger partial charge in [0.2, 0.25) is 0 Å². The Morgan fingerprint density at radius 3 is 2.38 bits per heavy atom. The molecule has 0 bridgehead atoms. The van der Waals surface area contributed by atoms with E-state index in [9.17, 15) is 5.11 Å². The molecular weight excluding hydrogens is 264 g/mol. The number of hydrogen-bond donors (Lipinski definition) is 3. The molecule has 1 aliphatic carbocycles. The molecule has 0 saturated heterocycles. The van der Waals surface area contributed by atoms with Crippen LogP contribution in [0.4, 0.5) is 11.6 Å². The van der Waals surface area contributed by atoms with E-state index >= 15 is 0 Å². The Morgan fingerprint density at radius 1 is 1.10 bits per heavy atom. The highest BCUT2D eigenvalue weighted by Gasteiger charge is 2.31. The van der Waals surface area contributed by atoms with Gasteiger partial charge in [0.05, 0.1) is 5.60 Å². The van der Waals surface area contributed by atoms with Crippen LogP contribution in [-0.4, -0.2) is 33.8 Å². The first-order valence-electron chi connectivity index (χ1n) is 8.22. The zero-order valence-corrected chi connectivity index (χ0v) is 13.3. The average Bonchev–Trinajstić information content (AvgIpc) is 2.92. The standard InChI is InChI=1S/C16H28N4O/c1-3-7-13-14(17-10-4-2)19-12-20-15(13)18-11-16(21)8-5-6-9-16/h12,21H,3-11H2,1-2H3,(H2,17,18,19,20). The van der Waals surface area contributed by atoms with Crippen molar-refractivity contribution in [3.8, 4) is 0 Å². The summed E-state index contributed by atoms with van der Waals surface area (Å²) < 4.78 is 0. The number of rotatable bonds is 8. The zero-order chi connectivity index (χ0) is 15.1. The van der Waals surface area contributed by atoms with Gasteiger partial charge in [-0.2, -0.15) is 0 Å². The summed E-state index contributed by atoms with van der Waals surface area (Å²) in [5.74, 6) is 1.79. The predicted octanol–water partition coefficient (Wildman–Crippen LogP) is 2.97. The molecule has 1 saturated carbocycles. The summed E-state index contributed by atoms with van der Waals surface area (Å²) in [4.78, 5) is 8.75. The second kappa shape index (κ2) is 7.59. The lowest BCUT2D eigenvalue weighted by molar-refractivity contribution is 0.0614. The Morgan fingerprint density at radius 2 is 1.76 bits per heavy atom. The van der Waals surface area contributed by atoms with Crippen LogP contribution in [0.25, 0.3) is 0 Å². The third-order valence-corrected chi connectivity index (χ3v) is 4.11. The molecule has 5 nitrogen and oxygen atoms in total. The van der Waals surface area contributed by atoms with Crippen molar-refractivity contribution in [2.75, 3.05) is 23.7 Å². The Bertz CT molecular complexity index is 444. The number of nitrogens with zero attached hydrogens (tertiary/aromatic N) is 2. The van der Waals surface area contributed by atoms with Crippen molar-refractivity contribution in [1.29, 1.82) is 0 Å². The fraction of sp³-hybridized carbons (Fsp3) is 0.750. The van der Waals surface area contributed by atoms with Gasteiger partial charge in [-0.05, 0) is 25.7 Å². The molecule has 1 aliphatic rings. The van der Waals surface area contributed by atoms with Crippen LogP contribution >= 0.6 is 0 Å². The summed E-state index contributed by atoms with van der Waals surface area (Å²) in [6, 6.07) is 0. The molecule has 0 radical (unpaired) electrons. The molecule has 0 aliphatic heterocycles. The number of hydrogen-bond acceptors (Lipinski definition) is 5. The lowest BCUT2D eigenvalue weighted by atomic mass is 10.0. The van der Waals surface area contributed by atoms with E-state index in [0.29, 0.717) is 6.54 Å². The molecule has 21 heavy (non-hydrogen) atoms. The minimum atomic E-state index is -0.564. The predicted molar refractivity (Wildman–Crippen MR) is 86.7 cm³/mol. The lowest BCUT2D eigenvalue weighted by Gasteiger charge is -2.24. The normalized spacial score (nSPS) is 16.9. The molecular formula is C16H28N4O. The summed E-state index contributed by atoms with van der Waals surface area (Å²) in [6.07, 6.45) is 8.65. The number of aliphatic hydroxyl groups is 1. The van der Waals surface area contributed by atoms with Crippen LogP contribution in [0, 0.1) is 0 Å². The summed E-state index contributed by atoms with van der Waals surface area (Å²) in [5.41, 5.74) is 0.570. The van der Waals surface area contributed by atoms with E-state index in [0.717, 1.165) is 68.7 Å². The highest BCUT2D eigenvalue weighted by atomic mass is 16.3. The zero-order valence-electron chi connectivity index (χ0n) is 13.3. The Kier molecular flexibility index (Phi) is 5.79. The van der Waals surface area contributed by atoms with Crippen molar-refractivity contribution in [1.82, 2.24) is 9.97 Å².